The van der Waals surface area contributed by atoms with Crippen molar-refractivity contribution in [1.29, 1.82) is 0 Å². The van der Waals surface area contributed by atoms with Crippen molar-refractivity contribution in [2.75, 3.05) is 6.61 Å². The van der Waals surface area contributed by atoms with E-state index in [0.717, 1.165) is 18.6 Å². The molecule has 0 bridgehead atoms. The Hall–Kier alpha value is -1.28. The molecule has 1 aromatic rings. The zero-order chi connectivity index (χ0) is 21.2. The van der Waals surface area contributed by atoms with Gasteiger partial charge in [-0.2, -0.15) is 0 Å². The third-order valence-corrected chi connectivity index (χ3v) is 5.14. The summed E-state index contributed by atoms with van der Waals surface area (Å²) >= 11 is 0. The molecule has 0 N–H and O–H groups in total. The van der Waals surface area contributed by atoms with Crippen LogP contribution in [0.1, 0.15) is 99.0 Å². The SMILES string of the molecule is CCC.CCCC(c1ccc(OC(OCC)C2=CCC(C)C2)cc1)C(C)(C)C. The minimum Gasteiger partial charge on any atom is -0.461 e. The van der Waals surface area contributed by atoms with Crippen LogP contribution < -0.4 is 4.74 Å². The van der Waals surface area contributed by atoms with Crippen LogP contribution in [0.2, 0.25) is 0 Å². The first-order valence-corrected chi connectivity index (χ1v) is 11.3. The summed E-state index contributed by atoms with van der Waals surface area (Å²) in [4.78, 5) is 0. The van der Waals surface area contributed by atoms with Crippen molar-refractivity contribution < 1.29 is 9.47 Å². The molecule has 2 nitrogen and oxygen atoms in total. The maximum atomic E-state index is 6.18. The molecule has 1 aliphatic rings. The highest BCUT2D eigenvalue weighted by Gasteiger charge is 2.26. The van der Waals surface area contributed by atoms with Crippen LogP contribution in [0.15, 0.2) is 35.9 Å². The molecule has 0 fully saturated rings. The summed E-state index contributed by atoms with van der Waals surface area (Å²) in [5.74, 6) is 2.17. The molecule has 0 heterocycles. The molecule has 3 atom stereocenters. The first kappa shape index (κ1) is 24.8. The van der Waals surface area contributed by atoms with E-state index in [2.05, 4.69) is 78.8 Å². The van der Waals surface area contributed by atoms with Gasteiger partial charge in [-0.15, -0.1) is 0 Å². The molecule has 1 aliphatic carbocycles. The van der Waals surface area contributed by atoms with E-state index in [9.17, 15) is 0 Å². The number of rotatable bonds is 8. The Balaban J connectivity index is 0.00000122. The summed E-state index contributed by atoms with van der Waals surface area (Å²) in [6.45, 7) is 18.5. The van der Waals surface area contributed by atoms with E-state index in [0.29, 0.717) is 18.4 Å². The second-order valence-corrected chi connectivity index (χ2v) is 9.21. The Morgan fingerprint density at radius 1 is 1.04 bits per heavy atom. The molecule has 0 saturated heterocycles. The van der Waals surface area contributed by atoms with Gasteiger partial charge in [-0.1, -0.05) is 79.5 Å². The van der Waals surface area contributed by atoms with Crippen molar-refractivity contribution in [1.82, 2.24) is 0 Å². The van der Waals surface area contributed by atoms with Gasteiger partial charge in [0.25, 0.3) is 0 Å². The lowest BCUT2D eigenvalue weighted by atomic mass is 9.74. The lowest BCUT2D eigenvalue weighted by Crippen LogP contribution is -2.23. The summed E-state index contributed by atoms with van der Waals surface area (Å²) in [7, 11) is 0. The maximum absolute atomic E-state index is 6.18. The van der Waals surface area contributed by atoms with Crippen LogP contribution >= 0.6 is 0 Å². The Bertz CT molecular complexity index is 565. The summed E-state index contributed by atoms with van der Waals surface area (Å²) in [5, 5.41) is 0. The van der Waals surface area contributed by atoms with E-state index in [1.165, 1.54) is 30.4 Å². The van der Waals surface area contributed by atoms with Gasteiger partial charge in [0.15, 0.2) is 0 Å². The van der Waals surface area contributed by atoms with Gasteiger partial charge >= 0.3 is 0 Å². The highest BCUT2D eigenvalue weighted by molar-refractivity contribution is 5.31. The molecular weight excluding hydrogens is 344 g/mol. The van der Waals surface area contributed by atoms with Gasteiger partial charge in [0.2, 0.25) is 6.29 Å². The summed E-state index contributed by atoms with van der Waals surface area (Å²) in [6.07, 6.45) is 7.93. The highest BCUT2D eigenvalue weighted by atomic mass is 16.7. The lowest BCUT2D eigenvalue weighted by Gasteiger charge is -2.31. The summed E-state index contributed by atoms with van der Waals surface area (Å²) in [5.41, 5.74) is 2.97. The van der Waals surface area contributed by atoms with Crippen LogP contribution in [0.3, 0.4) is 0 Å². The van der Waals surface area contributed by atoms with Crippen LogP contribution in [0, 0.1) is 11.3 Å². The molecule has 0 radical (unpaired) electrons. The molecule has 2 heteroatoms. The van der Waals surface area contributed by atoms with Gasteiger partial charge < -0.3 is 9.47 Å². The molecule has 0 spiro atoms. The normalized spacial score (nSPS) is 18.7. The van der Waals surface area contributed by atoms with Gasteiger partial charge in [0.1, 0.15) is 5.75 Å². The Morgan fingerprint density at radius 3 is 2.07 bits per heavy atom. The molecule has 0 amide bonds. The van der Waals surface area contributed by atoms with Crippen molar-refractivity contribution in [2.24, 2.45) is 11.3 Å². The number of ether oxygens (including phenoxy) is 2. The van der Waals surface area contributed by atoms with Crippen molar-refractivity contribution in [2.45, 2.75) is 99.7 Å². The third-order valence-electron chi connectivity index (χ3n) is 5.14. The van der Waals surface area contributed by atoms with E-state index >= 15 is 0 Å². The molecule has 1 aromatic carbocycles. The molecule has 0 aliphatic heterocycles. The number of hydrogen-bond acceptors (Lipinski definition) is 2. The minimum absolute atomic E-state index is 0.241. The number of benzene rings is 1. The van der Waals surface area contributed by atoms with Gasteiger partial charge in [-0.25, -0.2) is 0 Å². The third kappa shape index (κ3) is 7.99. The molecule has 160 valence electrons. The Kier molecular flexibility index (Phi) is 10.9. The van der Waals surface area contributed by atoms with Crippen molar-refractivity contribution >= 4 is 0 Å². The highest BCUT2D eigenvalue weighted by Crippen LogP contribution is 2.39. The quantitative estimate of drug-likeness (QED) is 0.330. The van der Waals surface area contributed by atoms with E-state index in [1.54, 1.807) is 0 Å². The van der Waals surface area contributed by atoms with Crippen LogP contribution in [-0.4, -0.2) is 12.9 Å². The summed E-state index contributed by atoms with van der Waals surface area (Å²) in [6, 6.07) is 8.68. The lowest BCUT2D eigenvalue weighted by molar-refractivity contribution is -0.0502. The fourth-order valence-corrected chi connectivity index (χ4v) is 3.77. The second-order valence-electron chi connectivity index (χ2n) is 9.21. The number of allylic oxidation sites excluding steroid dienone is 1. The molecule has 3 unspecified atom stereocenters. The van der Waals surface area contributed by atoms with Crippen LogP contribution in [0.4, 0.5) is 0 Å². The molecule has 0 saturated carbocycles. The van der Waals surface area contributed by atoms with E-state index in [1.807, 2.05) is 6.92 Å². The predicted molar refractivity (Wildman–Crippen MR) is 122 cm³/mol. The zero-order valence-electron chi connectivity index (χ0n) is 19.7. The molecule has 28 heavy (non-hydrogen) atoms. The van der Waals surface area contributed by atoms with E-state index in [-0.39, 0.29) is 11.7 Å². The average Bonchev–Trinajstić information content (AvgIpc) is 3.06. The maximum Gasteiger partial charge on any atom is 0.222 e. The van der Waals surface area contributed by atoms with Crippen molar-refractivity contribution in [3.63, 3.8) is 0 Å². The number of hydrogen-bond donors (Lipinski definition) is 0. The van der Waals surface area contributed by atoms with Gasteiger partial charge in [-0.3, -0.25) is 0 Å². The minimum atomic E-state index is -0.241. The first-order chi connectivity index (χ1) is 13.3. The average molecular weight is 389 g/mol. The largest absolute Gasteiger partial charge is 0.461 e. The summed E-state index contributed by atoms with van der Waals surface area (Å²) < 4.78 is 12.0. The van der Waals surface area contributed by atoms with E-state index in [4.69, 9.17) is 9.47 Å². The molecule has 0 aromatic heterocycles. The van der Waals surface area contributed by atoms with E-state index < -0.39 is 0 Å². The van der Waals surface area contributed by atoms with Crippen LogP contribution in [0.5, 0.6) is 5.75 Å². The van der Waals surface area contributed by atoms with Crippen molar-refractivity contribution in [3.8, 4) is 5.75 Å². The Morgan fingerprint density at radius 2 is 1.64 bits per heavy atom. The van der Waals surface area contributed by atoms with Crippen LogP contribution in [-0.2, 0) is 4.74 Å². The van der Waals surface area contributed by atoms with Crippen LogP contribution in [0.25, 0.3) is 0 Å². The topological polar surface area (TPSA) is 18.5 Å². The van der Waals surface area contributed by atoms with Gasteiger partial charge in [0.05, 0.1) is 0 Å². The standard InChI is InChI=1S/C23H36O2.C3H8/c1-7-9-21(23(4,5)6)18-12-14-20(15-13-18)25-22(24-8-2)19-11-10-17(3)16-19;1-3-2/h11-15,17,21-22H,7-10,16H2,1-6H3;3H2,1-2H3. The molecule has 2 rings (SSSR count). The fourth-order valence-electron chi connectivity index (χ4n) is 3.77. The molecular formula is C26H44O2. The van der Waals surface area contributed by atoms with Gasteiger partial charge in [-0.05, 0) is 66.7 Å². The Labute approximate surface area is 174 Å². The second kappa shape index (κ2) is 12.3. The first-order valence-electron chi connectivity index (χ1n) is 11.3. The predicted octanol–water partition coefficient (Wildman–Crippen LogP) is 8.13. The van der Waals surface area contributed by atoms with Crippen molar-refractivity contribution in [3.05, 3.63) is 41.5 Å². The fraction of sp³-hybridized carbons (Fsp3) is 0.692. The zero-order valence-corrected chi connectivity index (χ0v) is 19.7. The van der Waals surface area contributed by atoms with Gasteiger partial charge in [0, 0.05) is 6.61 Å². The monoisotopic (exact) mass is 388 g/mol. The smallest absolute Gasteiger partial charge is 0.222 e.